The Balaban J connectivity index is 0.00000185. The number of aromatic nitrogens is 1. The molecule has 3 N–H and O–H groups in total. The molecule has 1 aliphatic carbocycles. The fourth-order valence-corrected chi connectivity index (χ4v) is 6.78. The van der Waals surface area contributed by atoms with Gasteiger partial charge in [-0.2, -0.15) is 4.31 Å². The van der Waals surface area contributed by atoms with Crippen LogP contribution in [0.25, 0.3) is 11.3 Å². The summed E-state index contributed by atoms with van der Waals surface area (Å²) in [5.41, 5.74) is 6.91. The fourth-order valence-electron chi connectivity index (χ4n) is 5.11. The van der Waals surface area contributed by atoms with Crippen LogP contribution in [0.1, 0.15) is 34.1 Å². The zero-order valence-electron chi connectivity index (χ0n) is 20.4. The van der Waals surface area contributed by atoms with Crippen molar-refractivity contribution >= 4 is 27.7 Å². The molecule has 1 aromatic heterocycles. The smallest absolute Gasteiger partial charge is 0.243 e. The number of anilines is 1. The summed E-state index contributed by atoms with van der Waals surface area (Å²) in [6, 6.07) is 16.3. The molecule has 0 radical (unpaired) electrons. The largest absolute Gasteiger partial charge is 0.454 e. The van der Waals surface area contributed by atoms with Gasteiger partial charge in [-0.1, -0.05) is 24.3 Å². The minimum Gasteiger partial charge on any atom is -0.454 e. The molecule has 0 spiro atoms. The summed E-state index contributed by atoms with van der Waals surface area (Å²) in [5, 5.41) is 2.94. The number of sulfonamides is 1. The van der Waals surface area contributed by atoms with E-state index in [2.05, 4.69) is 10.3 Å². The number of hydrogen-bond acceptors (Lipinski definition) is 7. The lowest BCUT2D eigenvalue weighted by Gasteiger charge is -2.21. The second-order valence-corrected chi connectivity index (χ2v) is 11.6. The highest BCUT2D eigenvalue weighted by Crippen LogP contribution is 2.51. The maximum absolute atomic E-state index is 13.3. The lowest BCUT2D eigenvalue weighted by molar-refractivity contribution is -0.121. The molecule has 3 aromatic rings. The van der Waals surface area contributed by atoms with E-state index in [0.29, 0.717) is 41.4 Å². The van der Waals surface area contributed by atoms with Gasteiger partial charge in [-0.15, -0.1) is 0 Å². The van der Waals surface area contributed by atoms with E-state index in [1.807, 2.05) is 18.2 Å². The molecular formula is C27H30N4O6S. The number of primary amides is 1. The van der Waals surface area contributed by atoms with Gasteiger partial charge in [0.15, 0.2) is 11.5 Å². The summed E-state index contributed by atoms with van der Waals surface area (Å²) in [6.45, 7) is 0.433. The van der Waals surface area contributed by atoms with Gasteiger partial charge in [0.05, 0.1) is 16.0 Å². The Hall–Kier alpha value is -3.96. The number of fused-ring (bicyclic) bond motifs is 1. The van der Waals surface area contributed by atoms with E-state index in [1.165, 1.54) is 16.4 Å². The van der Waals surface area contributed by atoms with Gasteiger partial charge >= 0.3 is 0 Å². The van der Waals surface area contributed by atoms with E-state index in [9.17, 15) is 18.0 Å². The minimum absolute atomic E-state index is 0. The highest BCUT2D eigenvalue weighted by atomic mass is 32.2. The topological polar surface area (TPSA) is 141 Å². The number of nitrogens with zero attached hydrogens (tertiary/aromatic N) is 2. The Labute approximate surface area is 222 Å². The Morgan fingerprint density at radius 3 is 2.55 bits per heavy atom. The average Bonchev–Trinajstić information content (AvgIpc) is 3.33. The van der Waals surface area contributed by atoms with E-state index in [4.69, 9.17) is 15.2 Å². The Bertz CT molecular complexity index is 1550. The number of nitrogens with two attached hydrogens (primary N) is 1. The molecule has 6 rings (SSSR count). The van der Waals surface area contributed by atoms with Gasteiger partial charge in [-0.05, 0) is 67.6 Å². The lowest BCUT2D eigenvalue weighted by Crippen LogP contribution is -2.43. The average molecular weight is 539 g/mol. The van der Waals surface area contributed by atoms with Crippen LogP contribution in [0, 0.1) is 0 Å². The molecule has 1 atom stereocenters. The van der Waals surface area contributed by atoms with Crippen molar-refractivity contribution in [3.8, 4) is 22.8 Å². The van der Waals surface area contributed by atoms with Crippen LogP contribution in [-0.4, -0.2) is 48.9 Å². The molecule has 10 nitrogen and oxygen atoms in total. The van der Waals surface area contributed by atoms with E-state index in [-0.39, 0.29) is 27.0 Å². The van der Waals surface area contributed by atoms with Crippen LogP contribution < -0.4 is 20.5 Å². The molecular weight excluding hydrogens is 508 g/mol. The van der Waals surface area contributed by atoms with Gasteiger partial charge in [-0.25, -0.2) is 13.4 Å². The second kappa shape index (κ2) is 9.10. The molecule has 0 bridgehead atoms. The Kier molecular flexibility index (Phi) is 5.84. The van der Waals surface area contributed by atoms with Gasteiger partial charge in [0.1, 0.15) is 11.9 Å². The van der Waals surface area contributed by atoms with Gasteiger partial charge in [0.25, 0.3) is 0 Å². The Morgan fingerprint density at radius 1 is 1.05 bits per heavy atom. The standard InChI is InChI=1S/C27H26N4O6S.2H2/c28-25(32)21-4-2-14-31(21)38(34,35)19-9-6-17(7-10-19)20-3-1-5-24(29-20)30-26(33)27(12-13-27)18-8-11-22-23(15-18)37-16-36-22;;/h1,3,5-11,15,21H,2,4,12-14,16H2,(H2,28,32)(H,29,30,33);2*1H/t21-;;/m0../s1. The van der Waals surface area contributed by atoms with Crippen LogP contribution in [-0.2, 0) is 25.0 Å². The number of carbonyl (C=O) groups excluding carboxylic acids is 2. The molecule has 11 heteroatoms. The normalized spacial score (nSPS) is 19.7. The molecule has 200 valence electrons. The summed E-state index contributed by atoms with van der Waals surface area (Å²) in [5.74, 6) is 0.931. The van der Waals surface area contributed by atoms with Crippen LogP contribution in [0.15, 0.2) is 65.6 Å². The number of amides is 2. The molecule has 0 unspecified atom stereocenters. The van der Waals surface area contributed by atoms with Crippen molar-refractivity contribution in [3.05, 3.63) is 66.2 Å². The van der Waals surface area contributed by atoms with Crippen molar-refractivity contribution in [3.63, 3.8) is 0 Å². The number of hydrogen-bond donors (Lipinski definition) is 2. The molecule has 3 heterocycles. The van der Waals surface area contributed by atoms with Crippen LogP contribution in [0.4, 0.5) is 5.82 Å². The summed E-state index contributed by atoms with van der Waals surface area (Å²) in [7, 11) is -3.86. The number of benzene rings is 2. The van der Waals surface area contributed by atoms with Gasteiger partial charge in [0, 0.05) is 15.0 Å². The van der Waals surface area contributed by atoms with Crippen molar-refractivity contribution in [1.82, 2.24) is 9.29 Å². The van der Waals surface area contributed by atoms with Gasteiger partial charge in [-0.3, -0.25) is 9.59 Å². The van der Waals surface area contributed by atoms with Crippen LogP contribution >= 0.6 is 0 Å². The Morgan fingerprint density at radius 2 is 1.82 bits per heavy atom. The number of ether oxygens (including phenoxy) is 2. The third kappa shape index (κ3) is 4.17. The predicted molar refractivity (Wildman–Crippen MR) is 142 cm³/mol. The van der Waals surface area contributed by atoms with E-state index >= 15 is 0 Å². The van der Waals surface area contributed by atoms with Crippen molar-refractivity contribution in [2.45, 2.75) is 42.0 Å². The molecule has 1 saturated carbocycles. The molecule has 2 fully saturated rings. The lowest BCUT2D eigenvalue weighted by atomic mass is 9.94. The molecule has 2 amide bonds. The molecule has 2 aromatic carbocycles. The van der Waals surface area contributed by atoms with E-state index in [1.54, 1.807) is 30.3 Å². The zero-order valence-corrected chi connectivity index (χ0v) is 21.2. The summed E-state index contributed by atoms with van der Waals surface area (Å²) in [4.78, 5) is 29.6. The quantitative estimate of drug-likeness (QED) is 0.470. The van der Waals surface area contributed by atoms with Crippen LogP contribution in [0.5, 0.6) is 11.5 Å². The van der Waals surface area contributed by atoms with Gasteiger partial charge < -0.3 is 20.5 Å². The van der Waals surface area contributed by atoms with E-state index in [0.717, 1.165) is 18.4 Å². The number of rotatable bonds is 7. The fraction of sp³-hybridized carbons (Fsp3) is 0.296. The first kappa shape index (κ1) is 24.4. The SMILES string of the molecule is NC(=O)[C@@H]1CCCN1S(=O)(=O)c1ccc(-c2cccc(NC(=O)C3(c4ccc5c(c4)OCO5)CC3)n2)cc1.[HH].[HH]. The summed E-state index contributed by atoms with van der Waals surface area (Å²) >= 11 is 0. The maximum Gasteiger partial charge on any atom is 0.243 e. The van der Waals surface area contributed by atoms with Crippen molar-refractivity contribution in [2.75, 3.05) is 18.7 Å². The number of pyridine rings is 1. The van der Waals surface area contributed by atoms with Crippen molar-refractivity contribution in [2.24, 2.45) is 5.73 Å². The third-order valence-corrected chi connectivity index (χ3v) is 9.31. The van der Waals surface area contributed by atoms with E-state index < -0.39 is 27.4 Å². The number of nitrogens with one attached hydrogen (secondary N) is 1. The predicted octanol–water partition coefficient (Wildman–Crippen LogP) is 3.28. The highest BCUT2D eigenvalue weighted by molar-refractivity contribution is 7.89. The molecule has 38 heavy (non-hydrogen) atoms. The zero-order chi connectivity index (χ0) is 26.5. The second-order valence-electron chi connectivity index (χ2n) is 9.71. The van der Waals surface area contributed by atoms with Gasteiger partial charge in [0.2, 0.25) is 28.6 Å². The first-order chi connectivity index (χ1) is 18.3. The monoisotopic (exact) mass is 538 g/mol. The summed E-state index contributed by atoms with van der Waals surface area (Å²) < 4.78 is 38.2. The van der Waals surface area contributed by atoms with Crippen molar-refractivity contribution < 1.29 is 30.3 Å². The molecule has 3 aliphatic rings. The molecule has 1 saturated heterocycles. The van der Waals surface area contributed by atoms with Crippen LogP contribution in [0.2, 0.25) is 0 Å². The highest BCUT2D eigenvalue weighted by Gasteiger charge is 2.51. The maximum atomic E-state index is 13.3. The van der Waals surface area contributed by atoms with Crippen molar-refractivity contribution in [1.29, 1.82) is 0 Å². The number of carbonyl (C=O) groups is 2. The molecule has 2 aliphatic heterocycles. The van der Waals surface area contributed by atoms with Crippen LogP contribution in [0.3, 0.4) is 0 Å². The summed E-state index contributed by atoms with van der Waals surface area (Å²) in [6.07, 6.45) is 2.46. The first-order valence-corrected chi connectivity index (χ1v) is 13.8. The third-order valence-electron chi connectivity index (χ3n) is 7.39. The first-order valence-electron chi connectivity index (χ1n) is 12.4. The minimum atomic E-state index is -3.86.